The molecule has 0 spiro atoms. The van der Waals surface area contributed by atoms with Crippen LogP contribution in [0.4, 0.5) is 18.9 Å². The normalized spacial score (nSPS) is 11.3. The quantitative estimate of drug-likeness (QED) is 0.322. The molecule has 4 aromatic rings. The molecular weight excluding hydrogens is 491 g/mol. The summed E-state index contributed by atoms with van der Waals surface area (Å²) in [6, 6.07) is 14.9. The molecule has 11 heteroatoms. The van der Waals surface area contributed by atoms with Crippen LogP contribution < -0.4 is 5.32 Å². The number of anilines is 1. The standard InChI is InChI=1S/C23H15ClF3N3O3S/c1-33-22(32)13-9-14(23(25,26)27)11-15(10-13)28-21(31)17-12-30(16-5-3-2-4-6-16)29-20(17)18-7-8-19(24)34-18/h2-12H,1H3,(H,28,31). The molecule has 1 N–H and O–H groups in total. The Kier molecular flexibility index (Phi) is 6.45. The summed E-state index contributed by atoms with van der Waals surface area (Å²) < 4.78 is 46.6. The monoisotopic (exact) mass is 505 g/mol. The highest BCUT2D eigenvalue weighted by Gasteiger charge is 2.32. The van der Waals surface area contributed by atoms with E-state index in [1.165, 1.54) is 22.2 Å². The third-order valence-electron chi connectivity index (χ3n) is 4.73. The summed E-state index contributed by atoms with van der Waals surface area (Å²) in [7, 11) is 1.05. The molecule has 2 aromatic heterocycles. The first-order valence-corrected chi connectivity index (χ1v) is 10.9. The summed E-state index contributed by atoms with van der Waals surface area (Å²) in [6.07, 6.45) is -3.26. The second-order valence-corrected chi connectivity index (χ2v) is 8.73. The van der Waals surface area contributed by atoms with Gasteiger partial charge in [-0.1, -0.05) is 29.8 Å². The third kappa shape index (κ3) is 4.97. The number of alkyl halides is 3. The zero-order chi connectivity index (χ0) is 24.5. The molecule has 2 heterocycles. The minimum Gasteiger partial charge on any atom is -0.465 e. The van der Waals surface area contributed by atoms with Crippen molar-refractivity contribution in [2.75, 3.05) is 12.4 Å². The van der Waals surface area contributed by atoms with Crippen LogP contribution in [-0.2, 0) is 10.9 Å². The minimum absolute atomic E-state index is 0.111. The largest absolute Gasteiger partial charge is 0.465 e. The molecule has 0 aliphatic heterocycles. The third-order valence-corrected chi connectivity index (χ3v) is 5.96. The lowest BCUT2D eigenvalue weighted by Gasteiger charge is -2.12. The number of hydrogen-bond donors (Lipinski definition) is 1. The van der Waals surface area contributed by atoms with E-state index in [9.17, 15) is 22.8 Å². The highest BCUT2D eigenvalue weighted by atomic mass is 35.5. The highest BCUT2D eigenvalue weighted by Crippen LogP contribution is 2.35. The van der Waals surface area contributed by atoms with Crippen LogP contribution in [0.25, 0.3) is 16.3 Å². The summed E-state index contributed by atoms with van der Waals surface area (Å²) in [5.74, 6) is -1.68. The van der Waals surface area contributed by atoms with Gasteiger partial charge in [0.1, 0.15) is 5.69 Å². The number of rotatable bonds is 5. The number of ether oxygens (including phenoxy) is 1. The van der Waals surface area contributed by atoms with Gasteiger partial charge in [0.05, 0.1) is 38.7 Å². The molecule has 0 saturated heterocycles. The molecule has 1 amide bonds. The van der Waals surface area contributed by atoms with E-state index in [4.69, 9.17) is 11.6 Å². The van der Waals surface area contributed by atoms with Crippen LogP contribution in [0.15, 0.2) is 66.9 Å². The Balaban J connectivity index is 1.76. The molecule has 0 aliphatic carbocycles. The molecule has 0 bridgehead atoms. The number of thiophene rings is 1. The van der Waals surface area contributed by atoms with E-state index in [-0.39, 0.29) is 16.8 Å². The van der Waals surface area contributed by atoms with Gasteiger partial charge in [0.25, 0.3) is 5.91 Å². The highest BCUT2D eigenvalue weighted by molar-refractivity contribution is 7.19. The zero-order valence-corrected chi connectivity index (χ0v) is 19.0. The van der Waals surface area contributed by atoms with Crippen LogP contribution in [-0.4, -0.2) is 28.8 Å². The van der Waals surface area contributed by atoms with E-state index in [0.717, 1.165) is 19.2 Å². The number of hydrogen-bond acceptors (Lipinski definition) is 5. The average Bonchev–Trinajstić information content (AvgIpc) is 3.45. The first-order valence-electron chi connectivity index (χ1n) is 9.68. The predicted molar refractivity (Wildman–Crippen MR) is 123 cm³/mol. The fraction of sp³-hybridized carbons (Fsp3) is 0.0870. The van der Waals surface area contributed by atoms with Crippen molar-refractivity contribution >= 4 is 40.5 Å². The summed E-state index contributed by atoms with van der Waals surface area (Å²) >= 11 is 7.25. The Hall–Kier alpha value is -3.63. The van der Waals surface area contributed by atoms with Crippen molar-refractivity contribution in [2.24, 2.45) is 0 Å². The lowest BCUT2D eigenvalue weighted by atomic mass is 10.1. The first-order chi connectivity index (χ1) is 16.2. The van der Waals surface area contributed by atoms with Crippen molar-refractivity contribution in [3.05, 3.63) is 87.9 Å². The molecule has 4 rings (SSSR count). The lowest BCUT2D eigenvalue weighted by molar-refractivity contribution is -0.137. The molecule has 0 saturated carbocycles. The second kappa shape index (κ2) is 9.32. The molecule has 0 radical (unpaired) electrons. The number of aromatic nitrogens is 2. The van der Waals surface area contributed by atoms with Crippen molar-refractivity contribution in [3.63, 3.8) is 0 Å². The van der Waals surface area contributed by atoms with Crippen LogP contribution in [0.1, 0.15) is 26.3 Å². The molecule has 2 aromatic carbocycles. The van der Waals surface area contributed by atoms with Gasteiger partial charge >= 0.3 is 12.1 Å². The molecule has 0 fully saturated rings. The van der Waals surface area contributed by atoms with Gasteiger partial charge in [-0.25, -0.2) is 9.48 Å². The number of amides is 1. The zero-order valence-electron chi connectivity index (χ0n) is 17.4. The molecule has 6 nitrogen and oxygen atoms in total. The first kappa shape index (κ1) is 23.5. The van der Waals surface area contributed by atoms with Gasteiger partial charge in [-0.05, 0) is 42.5 Å². The molecule has 174 valence electrons. The van der Waals surface area contributed by atoms with Crippen molar-refractivity contribution < 1.29 is 27.5 Å². The molecule has 0 atom stereocenters. The van der Waals surface area contributed by atoms with Crippen LogP contribution in [0, 0.1) is 0 Å². The Labute approximate surface area is 200 Å². The van der Waals surface area contributed by atoms with Crippen LogP contribution in [0.3, 0.4) is 0 Å². The van der Waals surface area contributed by atoms with Crippen molar-refractivity contribution in [3.8, 4) is 16.3 Å². The maximum Gasteiger partial charge on any atom is 0.416 e. The van der Waals surface area contributed by atoms with E-state index in [2.05, 4.69) is 15.2 Å². The van der Waals surface area contributed by atoms with E-state index >= 15 is 0 Å². The van der Waals surface area contributed by atoms with Gasteiger partial charge in [-0.15, -0.1) is 11.3 Å². The fourth-order valence-corrected chi connectivity index (χ4v) is 4.22. The van der Waals surface area contributed by atoms with Gasteiger partial charge in [-0.3, -0.25) is 4.79 Å². The maximum absolute atomic E-state index is 13.4. The molecule has 34 heavy (non-hydrogen) atoms. The fourth-order valence-electron chi connectivity index (χ4n) is 3.17. The topological polar surface area (TPSA) is 73.2 Å². The Bertz CT molecular complexity index is 1370. The van der Waals surface area contributed by atoms with Gasteiger partial charge in [0, 0.05) is 11.9 Å². The Morgan fingerprint density at radius 3 is 2.44 bits per heavy atom. The van der Waals surface area contributed by atoms with E-state index in [0.29, 0.717) is 26.7 Å². The molecule has 0 unspecified atom stereocenters. The second-order valence-electron chi connectivity index (χ2n) is 7.02. The van der Waals surface area contributed by atoms with E-state index in [1.54, 1.807) is 36.4 Å². The van der Waals surface area contributed by atoms with Crippen LogP contribution in [0.2, 0.25) is 4.34 Å². The number of esters is 1. The number of carbonyl (C=O) groups excluding carboxylic acids is 2. The number of nitrogens with one attached hydrogen (secondary N) is 1. The van der Waals surface area contributed by atoms with Crippen molar-refractivity contribution in [1.29, 1.82) is 0 Å². The van der Waals surface area contributed by atoms with Crippen LogP contribution in [0.5, 0.6) is 0 Å². The summed E-state index contributed by atoms with van der Waals surface area (Å²) in [5.41, 5.74) is -0.577. The number of para-hydroxylation sites is 1. The van der Waals surface area contributed by atoms with Gasteiger partial charge in [-0.2, -0.15) is 18.3 Å². The number of halogens is 4. The van der Waals surface area contributed by atoms with Crippen molar-refractivity contribution in [1.82, 2.24) is 9.78 Å². The number of methoxy groups -OCH3 is 1. The lowest BCUT2D eigenvalue weighted by Crippen LogP contribution is -2.15. The van der Waals surface area contributed by atoms with Gasteiger partial charge in [0.15, 0.2) is 0 Å². The average molecular weight is 506 g/mol. The van der Waals surface area contributed by atoms with Gasteiger partial charge < -0.3 is 10.1 Å². The van der Waals surface area contributed by atoms with Crippen molar-refractivity contribution in [2.45, 2.75) is 6.18 Å². The summed E-state index contributed by atoms with van der Waals surface area (Å²) in [5, 5.41) is 6.94. The molecule has 0 aliphatic rings. The van der Waals surface area contributed by atoms with Crippen LogP contribution >= 0.6 is 22.9 Å². The summed E-state index contributed by atoms with van der Waals surface area (Å²) in [6.45, 7) is 0. The predicted octanol–water partition coefficient (Wildman–Crippen LogP) is 6.31. The Morgan fingerprint density at radius 2 is 1.82 bits per heavy atom. The number of nitrogens with zero attached hydrogens (tertiary/aromatic N) is 2. The summed E-state index contributed by atoms with van der Waals surface area (Å²) in [4.78, 5) is 25.7. The minimum atomic E-state index is -4.74. The van der Waals surface area contributed by atoms with E-state index in [1.807, 2.05) is 6.07 Å². The maximum atomic E-state index is 13.4. The number of benzene rings is 2. The number of carbonyl (C=O) groups is 2. The van der Waals surface area contributed by atoms with E-state index < -0.39 is 23.6 Å². The van der Waals surface area contributed by atoms with Gasteiger partial charge in [0.2, 0.25) is 0 Å². The smallest absolute Gasteiger partial charge is 0.416 e. The molecular formula is C23H15ClF3N3O3S. The Morgan fingerprint density at radius 1 is 1.09 bits per heavy atom. The SMILES string of the molecule is COC(=O)c1cc(NC(=O)c2cn(-c3ccccc3)nc2-c2ccc(Cl)s2)cc(C(F)(F)F)c1.